The monoisotopic (exact) mass is 413 g/mol. The van der Waals surface area contributed by atoms with Gasteiger partial charge in [0.2, 0.25) is 0 Å². The molecule has 0 radical (unpaired) electrons. The van der Waals surface area contributed by atoms with Gasteiger partial charge in [0.05, 0.1) is 6.42 Å². The van der Waals surface area contributed by atoms with Crippen molar-refractivity contribution >= 4 is 34.4 Å². The lowest BCUT2D eigenvalue weighted by atomic mass is 10.1. The smallest absolute Gasteiger partial charge is 0.336 e. The highest BCUT2D eigenvalue weighted by molar-refractivity contribution is 6.30. The number of rotatable bonds is 7. The van der Waals surface area contributed by atoms with E-state index in [0.717, 1.165) is 17.4 Å². The highest BCUT2D eigenvalue weighted by atomic mass is 35.5. The van der Waals surface area contributed by atoms with Gasteiger partial charge in [-0.3, -0.25) is 9.59 Å². The molecule has 0 saturated heterocycles. The molecular weight excluding hydrogens is 394 g/mol. The second-order valence-corrected chi connectivity index (χ2v) is 6.88. The maximum Gasteiger partial charge on any atom is 0.336 e. The molecule has 29 heavy (non-hydrogen) atoms. The number of carbonyl (C=O) groups is 2. The second kappa shape index (κ2) is 9.39. The van der Waals surface area contributed by atoms with Crippen molar-refractivity contribution in [2.75, 3.05) is 6.54 Å². The lowest BCUT2D eigenvalue weighted by Gasteiger charge is -2.09. The molecule has 0 unspecified atom stereocenters. The minimum atomic E-state index is -0.493. The van der Waals surface area contributed by atoms with Gasteiger partial charge in [0.15, 0.2) is 0 Å². The van der Waals surface area contributed by atoms with Gasteiger partial charge in [-0.15, -0.1) is 0 Å². The Labute approximate surface area is 172 Å². The van der Waals surface area contributed by atoms with Gasteiger partial charge in [-0.05, 0) is 42.3 Å². The summed E-state index contributed by atoms with van der Waals surface area (Å²) in [5, 5.41) is 3.92. The van der Waals surface area contributed by atoms with Crippen LogP contribution in [-0.2, 0) is 22.6 Å². The van der Waals surface area contributed by atoms with E-state index >= 15 is 0 Å². The highest BCUT2D eigenvalue weighted by Gasteiger charge is 2.11. The zero-order valence-corrected chi connectivity index (χ0v) is 16.6. The van der Waals surface area contributed by atoms with E-state index in [9.17, 15) is 14.4 Å². The molecule has 1 aromatic heterocycles. The largest absolute Gasteiger partial charge is 0.461 e. The predicted molar refractivity (Wildman–Crippen MR) is 110 cm³/mol. The van der Waals surface area contributed by atoms with Gasteiger partial charge >= 0.3 is 11.6 Å². The van der Waals surface area contributed by atoms with Crippen molar-refractivity contribution in [3.63, 3.8) is 0 Å². The topological polar surface area (TPSA) is 85.6 Å². The summed E-state index contributed by atoms with van der Waals surface area (Å²) in [7, 11) is 0. The summed E-state index contributed by atoms with van der Waals surface area (Å²) in [5.74, 6) is -0.777. The van der Waals surface area contributed by atoms with E-state index in [-0.39, 0.29) is 25.5 Å². The van der Waals surface area contributed by atoms with Crippen molar-refractivity contribution in [1.82, 2.24) is 5.32 Å². The number of hydrogen-bond donors (Lipinski definition) is 1. The van der Waals surface area contributed by atoms with Crippen molar-refractivity contribution in [2.45, 2.75) is 26.4 Å². The van der Waals surface area contributed by atoms with E-state index < -0.39 is 11.6 Å². The van der Waals surface area contributed by atoms with Crippen molar-refractivity contribution in [3.8, 4) is 0 Å². The number of hydrogen-bond acceptors (Lipinski definition) is 5. The first-order valence-electron chi connectivity index (χ1n) is 9.21. The molecule has 1 heterocycles. The van der Waals surface area contributed by atoms with Gasteiger partial charge < -0.3 is 14.5 Å². The van der Waals surface area contributed by atoms with E-state index in [0.29, 0.717) is 21.7 Å². The molecular formula is C22H20ClNO5. The molecule has 3 aromatic rings. The molecule has 0 fully saturated rings. The summed E-state index contributed by atoms with van der Waals surface area (Å²) < 4.78 is 10.5. The molecule has 0 aliphatic carbocycles. The molecule has 2 aromatic carbocycles. The third-order valence-electron chi connectivity index (χ3n) is 4.41. The van der Waals surface area contributed by atoms with Gasteiger partial charge in [-0.1, -0.05) is 30.7 Å². The van der Waals surface area contributed by atoms with Crippen LogP contribution in [0.5, 0.6) is 0 Å². The number of aryl methyl sites for hydroxylation is 1. The molecule has 0 atom stereocenters. The fourth-order valence-electron chi connectivity index (χ4n) is 2.83. The minimum absolute atomic E-state index is 0.0126. The van der Waals surface area contributed by atoms with Crippen LogP contribution in [0.15, 0.2) is 57.7 Å². The van der Waals surface area contributed by atoms with E-state index in [1.54, 1.807) is 24.3 Å². The third kappa shape index (κ3) is 5.45. The van der Waals surface area contributed by atoms with Crippen LogP contribution in [0.1, 0.15) is 34.8 Å². The molecule has 0 aliphatic rings. The number of esters is 1. The van der Waals surface area contributed by atoms with Gasteiger partial charge in [-0.2, -0.15) is 0 Å². The minimum Gasteiger partial charge on any atom is -0.461 e. The number of nitrogens with one attached hydrogen (secondary N) is 1. The highest BCUT2D eigenvalue weighted by Crippen LogP contribution is 2.20. The number of carbonyl (C=O) groups excluding carboxylic acids is 2. The number of ether oxygens (including phenoxy) is 1. The van der Waals surface area contributed by atoms with Crippen LogP contribution in [0, 0.1) is 0 Å². The average Bonchev–Trinajstić information content (AvgIpc) is 2.71. The van der Waals surface area contributed by atoms with Crippen molar-refractivity contribution in [3.05, 3.63) is 80.7 Å². The standard InChI is InChI=1S/C22H20ClNO5/c1-2-14-3-8-18-16(12-21(26)29-19(18)11-14)13-28-20(25)9-10-24-22(27)15-4-6-17(23)7-5-15/h3-8,11-12H,2,9-10,13H2,1H3,(H,24,27). The first-order chi connectivity index (χ1) is 14.0. The zero-order chi connectivity index (χ0) is 20.8. The Morgan fingerprint density at radius 1 is 1.10 bits per heavy atom. The number of benzene rings is 2. The van der Waals surface area contributed by atoms with Crippen LogP contribution in [0.3, 0.4) is 0 Å². The fourth-order valence-corrected chi connectivity index (χ4v) is 2.95. The molecule has 0 bridgehead atoms. The summed E-state index contributed by atoms with van der Waals surface area (Å²) in [6.45, 7) is 2.10. The Morgan fingerprint density at radius 2 is 1.86 bits per heavy atom. The van der Waals surface area contributed by atoms with Crippen LogP contribution >= 0.6 is 11.6 Å². The van der Waals surface area contributed by atoms with E-state index in [2.05, 4.69) is 5.32 Å². The number of amides is 1. The normalized spacial score (nSPS) is 10.7. The third-order valence-corrected chi connectivity index (χ3v) is 4.66. The van der Waals surface area contributed by atoms with Crippen LogP contribution in [-0.4, -0.2) is 18.4 Å². The molecule has 1 amide bonds. The first-order valence-corrected chi connectivity index (χ1v) is 9.59. The first kappa shape index (κ1) is 20.6. The van der Waals surface area contributed by atoms with E-state index in [1.807, 2.05) is 25.1 Å². The van der Waals surface area contributed by atoms with Crippen LogP contribution in [0.4, 0.5) is 0 Å². The maximum atomic E-state index is 12.0. The second-order valence-electron chi connectivity index (χ2n) is 6.45. The van der Waals surface area contributed by atoms with Crippen molar-refractivity contribution in [2.24, 2.45) is 0 Å². The summed E-state index contributed by atoms with van der Waals surface area (Å²) >= 11 is 5.79. The average molecular weight is 414 g/mol. The van der Waals surface area contributed by atoms with Crippen LogP contribution in [0.2, 0.25) is 5.02 Å². The Hall–Kier alpha value is -3.12. The molecule has 1 N–H and O–H groups in total. The Morgan fingerprint density at radius 3 is 2.59 bits per heavy atom. The quantitative estimate of drug-likeness (QED) is 0.469. The number of fused-ring (bicyclic) bond motifs is 1. The Bertz CT molecular complexity index is 1090. The molecule has 3 rings (SSSR count). The van der Waals surface area contributed by atoms with Gasteiger partial charge in [0.1, 0.15) is 12.2 Å². The molecule has 7 heteroatoms. The molecule has 6 nitrogen and oxygen atoms in total. The van der Waals surface area contributed by atoms with Crippen molar-refractivity contribution < 1.29 is 18.7 Å². The lowest BCUT2D eigenvalue weighted by molar-refractivity contribution is -0.144. The molecule has 150 valence electrons. The predicted octanol–water partition coefficient (Wildman–Crippen LogP) is 3.87. The summed E-state index contributed by atoms with van der Waals surface area (Å²) in [5.41, 5.74) is 2.06. The fraction of sp³-hybridized carbons (Fsp3) is 0.227. The summed E-state index contributed by atoms with van der Waals surface area (Å²) in [6, 6.07) is 13.4. The summed E-state index contributed by atoms with van der Waals surface area (Å²) in [6.07, 6.45) is 0.833. The summed E-state index contributed by atoms with van der Waals surface area (Å²) in [4.78, 5) is 35.8. The Balaban J connectivity index is 1.55. The van der Waals surface area contributed by atoms with Crippen LogP contribution < -0.4 is 10.9 Å². The SMILES string of the molecule is CCc1ccc2c(COC(=O)CCNC(=O)c3ccc(Cl)cc3)cc(=O)oc2c1. The van der Waals surface area contributed by atoms with Gasteiger partial charge in [0.25, 0.3) is 5.91 Å². The number of halogens is 1. The molecule has 0 spiro atoms. The zero-order valence-electron chi connectivity index (χ0n) is 15.9. The van der Waals surface area contributed by atoms with E-state index in [1.165, 1.54) is 6.07 Å². The molecule has 0 saturated carbocycles. The molecule has 0 aliphatic heterocycles. The van der Waals surface area contributed by atoms with Gasteiger partial charge in [0, 0.05) is 34.1 Å². The van der Waals surface area contributed by atoms with E-state index in [4.69, 9.17) is 20.8 Å². The van der Waals surface area contributed by atoms with Gasteiger partial charge in [-0.25, -0.2) is 4.79 Å². The van der Waals surface area contributed by atoms with Crippen molar-refractivity contribution in [1.29, 1.82) is 0 Å². The van der Waals surface area contributed by atoms with Crippen LogP contribution in [0.25, 0.3) is 11.0 Å². The lowest BCUT2D eigenvalue weighted by Crippen LogP contribution is -2.26. The Kier molecular flexibility index (Phi) is 6.67. The maximum absolute atomic E-state index is 12.0.